The van der Waals surface area contributed by atoms with Crippen molar-refractivity contribution in [2.45, 2.75) is 20.8 Å². The van der Waals surface area contributed by atoms with Gasteiger partial charge in [0.2, 0.25) is 0 Å². The second-order valence-electron chi connectivity index (χ2n) is 2.94. The van der Waals surface area contributed by atoms with Gasteiger partial charge in [-0.3, -0.25) is 14.4 Å². The molecule has 0 fully saturated rings. The fourth-order valence-corrected chi connectivity index (χ4v) is 1.20. The third kappa shape index (κ3) is 23.3. The highest BCUT2D eigenvalue weighted by atomic mass is 16.1. The minimum Gasteiger partial charge on any atom is -0.724 e. The van der Waals surface area contributed by atoms with Crippen molar-refractivity contribution in [2.75, 3.05) is 0 Å². The number of hydrogen-bond donors (Lipinski definition) is 0. The average molecular weight is 246 g/mol. The molecule has 1 aromatic carbocycles. The van der Waals surface area contributed by atoms with Gasteiger partial charge in [-0.25, -0.2) is 0 Å². The van der Waals surface area contributed by atoms with Crippen molar-refractivity contribution < 1.29 is 14.4 Å². The molecule has 1 rings (SSSR count). The lowest BCUT2D eigenvalue weighted by Crippen LogP contribution is -1.78. The van der Waals surface area contributed by atoms with Crippen molar-refractivity contribution >= 4 is 18.2 Å². The van der Waals surface area contributed by atoms with Gasteiger partial charge >= 0.3 is 0 Å². The van der Waals surface area contributed by atoms with Crippen LogP contribution in [0.15, 0.2) is 18.2 Å². The summed E-state index contributed by atoms with van der Waals surface area (Å²) in [7, 11) is 0. The molecule has 0 unspecified atom stereocenters. The Balaban J connectivity index is -0.000000210. The first kappa shape index (κ1) is 20.7. The van der Waals surface area contributed by atoms with Crippen LogP contribution in [0, 0.1) is 20.8 Å². The summed E-state index contributed by atoms with van der Waals surface area (Å²) in [4.78, 5) is 24.7. The van der Waals surface area contributed by atoms with Crippen molar-refractivity contribution in [1.82, 2.24) is 0 Å². The lowest BCUT2D eigenvalue weighted by molar-refractivity contribution is 0.568. The van der Waals surface area contributed by atoms with E-state index in [1.165, 1.54) is 16.7 Å². The van der Waals surface area contributed by atoms with Crippen LogP contribution in [-0.2, 0) is 14.4 Å². The zero-order chi connectivity index (χ0) is 15.0. The molecule has 0 atom stereocenters. The third-order valence-corrected chi connectivity index (χ3v) is 1.37. The molecule has 18 heavy (non-hydrogen) atoms. The van der Waals surface area contributed by atoms with Gasteiger partial charge in [0.25, 0.3) is 0 Å². The lowest BCUT2D eigenvalue weighted by Gasteiger charge is -1.96. The Morgan fingerprint density at radius 2 is 0.778 bits per heavy atom. The topological polar surface area (TPSA) is 118 Å². The number of rotatable bonds is 0. The summed E-state index contributed by atoms with van der Waals surface area (Å²) in [5, 5.41) is 20.3. The Bertz CT molecular complexity index is 359. The van der Waals surface area contributed by atoms with Crippen molar-refractivity contribution in [2.24, 2.45) is 0 Å². The van der Waals surface area contributed by atoms with E-state index in [4.69, 9.17) is 30.6 Å². The maximum atomic E-state index is 8.24. The first-order chi connectivity index (χ1) is 8.42. The molecule has 0 radical (unpaired) electrons. The van der Waals surface area contributed by atoms with Crippen molar-refractivity contribution in [1.29, 1.82) is 0 Å². The Kier molecular flexibility index (Phi) is 19.3. The second kappa shape index (κ2) is 16.8. The summed E-state index contributed by atoms with van der Waals surface area (Å²) in [5.41, 5.74) is 4.06. The Morgan fingerprint density at radius 3 is 0.889 bits per heavy atom. The van der Waals surface area contributed by atoms with E-state index in [1.807, 2.05) is 0 Å². The maximum absolute atomic E-state index is 8.24. The Morgan fingerprint density at radius 1 is 0.667 bits per heavy atom. The highest BCUT2D eigenvalue weighted by Gasteiger charge is 1.87. The van der Waals surface area contributed by atoms with Crippen LogP contribution in [0.1, 0.15) is 16.7 Å². The Hall–Kier alpha value is -2.64. The standard InChI is InChI=1S/C9H12.3CNO/c1-7-4-8(2)6-9(3)5-7;3*2-1-3/h4-6H,1-3H3;;;/q;3*-1. The largest absolute Gasteiger partial charge is 0.724 e. The van der Waals surface area contributed by atoms with Crippen molar-refractivity contribution in [3.05, 3.63) is 51.1 Å². The van der Waals surface area contributed by atoms with Gasteiger partial charge in [0, 0.05) is 0 Å². The molecule has 0 N–H and O–H groups in total. The summed E-state index contributed by atoms with van der Waals surface area (Å²) in [6.07, 6.45) is 1.50. The van der Waals surface area contributed by atoms with Crippen LogP contribution in [0.3, 0.4) is 0 Å². The van der Waals surface area contributed by atoms with Crippen LogP contribution in [0.4, 0.5) is 0 Å². The molecule has 0 aliphatic carbocycles. The van der Waals surface area contributed by atoms with E-state index in [-0.39, 0.29) is 0 Å². The van der Waals surface area contributed by atoms with Crippen molar-refractivity contribution in [3.63, 3.8) is 0 Å². The zero-order valence-electron chi connectivity index (χ0n) is 10.3. The van der Waals surface area contributed by atoms with Crippen LogP contribution in [0.2, 0.25) is 0 Å². The monoisotopic (exact) mass is 246 g/mol. The van der Waals surface area contributed by atoms with Crippen LogP contribution in [-0.4, -0.2) is 18.2 Å². The van der Waals surface area contributed by atoms with Crippen LogP contribution >= 0.6 is 0 Å². The minimum atomic E-state index is 0.500. The molecule has 6 heteroatoms. The second-order valence-corrected chi connectivity index (χ2v) is 2.94. The predicted octanol–water partition coefficient (Wildman–Crippen LogP) is 2.29. The molecule has 1 aromatic rings. The van der Waals surface area contributed by atoms with E-state index in [9.17, 15) is 0 Å². The zero-order valence-corrected chi connectivity index (χ0v) is 10.3. The molecular weight excluding hydrogens is 234 g/mol. The van der Waals surface area contributed by atoms with E-state index in [1.54, 1.807) is 0 Å². The average Bonchev–Trinajstić information content (AvgIpc) is 2.18. The molecule has 0 aromatic heterocycles. The summed E-state index contributed by atoms with van der Waals surface area (Å²) in [6, 6.07) is 6.56. The van der Waals surface area contributed by atoms with E-state index in [2.05, 4.69) is 39.0 Å². The molecule has 0 heterocycles. The number of aryl methyl sites for hydroxylation is 3. The smallest absolute Gasteiger partial charge is 0.0159 e. The Labute approximate surface area is 105 Å². The number of benzene rings is 1. The first-order valence-corrected chi connectivity index (χ1v) is 4.52. The minimum absolute atomic E-state index is 0.500. The van der Waals surface area contributed by atoms with Gasteiger partial charge < -0.3 is 16.2 Å². The van der Waals surface area contributed by atoms with Gasteiger partial charge in [-0.15, -0.1) is 0 Å². The molecule has 96 valence electrons. The fraction of sp³-hybridized carbons (Fsp3) is 0.250. The quantitative estimate of drug-likeness (QED) is 0.515. The SMILES string of the molecule is Cc1cc(C)cc(C)c1.[N-]=C=O.[N-]=C=O.[N-]=C=O. The number of nitrogens with zero attached hydrogens (tertiary/aromatic N) is 3. The molecular formula is C12H12N3O3-3. The maximum Gasteiger partial charge on any atom is -0.0159 e. The molecule has 0 bridgehead atoms. The molecule has 0 spiro atoms. The molecule has 0 amide bonds. The fourth-order valence-electron chi connectivity index (χ4n) is 1.20. The third-order valence-electron chi connectivity index (χ3n) is 1.37. The molecule has 6 nitrogen and oxygen atoms in total. The first-order valence-electron chi connectivity index (χ1n) is 4.52. The number of carbonyl (C=O) groups excluding carboxylic acids is 3. The van der Waals surface area contributed by atoms with Crippen LogP contribution in [0.5, 0.6) is 0 Å². The summed E-state index contributed by atoms with van der Waals surface area (Å²) in [5.74, 6) is 0. The van der Waals surface area contributed by atoms with E-state index >= 15 is 0 Å². The van der Waals surface area contributed by atoms with Crippen LogP contribution in [0.25, 0.3) is 16.2 Å². The van der Waals surface area contributed by atoms with Gasteiger partial charge in [-0.1, -0.05) is 34.9 Å². The van der Waals surface area contributed by atoms with Crippen molar-refractivity contribution in [3.8, 4) is 0 Å². The van der Waals surface area contributed by atoms with Gasteiger partial charge in [0.1, 0.15) is 0 Å². The summed E-state index contributed by atoms with van der Waals surface area (Å²) < 4.78 is 0. The predicted molar refractivity (Wildman–Crippen MR) is 67.8 cm³/mol. The van der Waals surface area contributed by atoms with E-state index in [0.29, 0.717) is 18.2 Å². The lowest BCUT2D eigenvalue weighted by atomic mass is 10.1. The van der Waals surface area contributed by atoms with Gasteiger partial charge in [-0.2, -0.15) is 0 Å². The molecule has 0 aliphatic heterocycles. The van der Waals surface area contributed by atoms with E-state index in [0.717, 1.165) is 0 Å². The van der Waals surface area contributed by atoms with Gasteiger partial charge in [-0.05, 0) is 39.0 Å². The van der Waals surface area contributed by atoms with E-state index < -0.39 is 0 Å². The molecule has 0 aliphatic rings. The highest BCUT2D eigenvalue weighted by Crippen LogP contribution is 2.06. The highest BCUT2D eigenvalue weighted by molar-refractivity contribution is 5.37. The molecule has 0 saturated heterocycles. The normalized spacial score (nSPS) is 6.17. The summed E-state index contributed by atoms with van der Waals surface area (Å²) >= 11 is 0. The van der Waals surface area contributed by atoms with Gasteiger partial charge in [0.05, 0.1) is 0 Å². The summed E-state index contributed by atoms with van der Waals surface area (Å²) in [6.45, 7) is 6.38. The van der Waals surface area contributed by atoms with Crippen LogP contribution < -0.4 is 0 Å². The molecule has 0 saturated carbocycles. The number of isocyanates is 3. The van der Waals surface area contributed by atoms with Gasteiger partial charge in [0.15, 0.2) is 0 Å². The number of hydrogen-bond acceptors (Lipinski definition) is 3.